The zero-order valence-corrected chi connectivity index (χ0v) is 20.3. The average molecular weight is 517 g/mol. The van der Waals surface area contributed by atoms with Gasteiger partial charge in [0.1, 0.15) is 11.3 Å². The molecule has 2 aromatic heterocycles. The molecule has 4 rings (SSSR count). The highest BCUT2D eigenvalue weighted by atomic mass is 19.4. The first-order valence-electron chi connectivity index (χ1n) is 12.1. The summed E-state index contributed by atoms with van der Waals surface area (Å²) in [4.78, 5) is 24.5. The Morgan fingerprint density at radius 2 is 1.78 bits per heavy atom. The molecule has 0 atom stereocenters. The highest BCUT2D eigenvalue weighted by molar-refractivity contribution is 5.85. The number of ether oxygens (including phenoxy) is 1. The van der Waals surface area contributed by atoms with E-state index in [9.17, 15) is 27.9 Å². The second kappa shape index (κ2) is 11.0. The number of unbranched alkanes of at least 4 members (excludes halogenated alkanes) is 2. The van der Waals surface area contributed by atoms with Crippen LogP contribution in [0.3, 0.4) is 0 Å². The maximum Gasteiger partial charge on any atom is 0.417 e. The van der Waals surface area contributed by atoms with Crippen molar-refractivity contribution in [2.75, 3.05) is 6.61 Å². The summed E-state index contributed by atoms with van der Waals surface area (Å²) < 4.78 is 54.1. The van der Waals surface area contributed by atoms with E-state index in [1.807, 2.05) is 13.0 Å². The number of hydrogen-bond donors (Lipinski definition) is 1. The van der Waals surface area contributed by atoms with Gasteiger partial charge in [0.2, 0.25) is 5.88 Å². The van der Waals surface area contributed by atoms with Crippen LogP contribution < -0.4 is 16.1 Å². The normalized spacial score (nSPS) is 11.8. The molecule has 0 amide bonds. The maximum atomic E-state index is 13.4. The van der Waals surface area contributed by atoms with Crippen molar-refractivity contribution in [3.8, 4) is 17.3 Å². The van der Waals surface area contributed by atoms with E-state index in [1.165, 1.54) is 27.5 Å². The van der Waals surface area contributed by atoms with Gasteiger partial charge in [-0.25, -0.2) is 9.59 Å². The molecule has 0 fully saturated rings. The molecule has 0 aliphatic heterocycles. The van der Waals surface area contributed by atoms with E-state index in [4.69, 9.17) is 9.15 Å². The largest absolute Gasteiger partial charge is 0.493 e. The predicted octanol–water partition coefficient (Wildman–Crippen LogP) is 5.67. The van der Waals surface area contributed by atoms with Gasteiger partial charge in [0.05, 0.1) is 24.1 Å². The van der Waals surface area contributed by atoms with E-state index < -0.39 is 17.4 Å². The number of para-hydroxylation sites is 1. The lowest BCUT2D eigenvalue weighted by Gasteiger charge is -2.15. The van der Waals surface area contributed by atoms with Crippen LogP contribution in [0.5, 0.6) is 11.6 Å². The van der Waals surface area contributed by atoms with Crippen molar-refractivity contribution in [2.45, 2.75) is 51.7 Å². The van der Waals surface area contributed by atoms with Crippen molar-refractivity contribution in [1.82, 2.24) is 9.13 Å². The number of rotatable bonds is 10. The third-order valence-electron chi connectivity index (χ3n) is 6.05. The second-order valence-corrected chi connectivity index (χ2v) is 8.68. The molecule has 0 aliphatic rings. The average Bonchev–Trinajstić information content (AvgIpc) is 3.15. The van der Waals surface area contributed by atoms with Crippen molar-refractivity contribution in [1.29, 1.82) is 0 Å². The van der Waals surface area contributed by atoms with Gasteiger partial charge < -0.3 is 14.3 Å². The van der Waals surface area contributed by atoms with Gasteiger partial charge in [-0.2, -0.15) is 13.2 Å². The first-order chi connectivity index (χ1) is 17.7. The Morgan fingerprint density at radius 3 is 2.49 bits per heavy atom. The number of hydrogen-bond acceptors (Lipinski definition) is 5. The molecule has 2 aromatic carbocycles. The number of fused-ring (bicyclic) bond motifs is 1. The number of halogens is 3. The number of aromatic nitrogens is 2. The van der Waals surface area contributed by atoms with Crippen LogP contribution in [0, 0.1) is 0 Å². The fraction of sp³-hybridized carbons (Fsp3) is 0.333. The van der Waals surface area contributed by atoms with Gasteiger partial charge in [-0.1, -0.05) is 31.5 Å². The molecule has 0 bridgehead atoms. The standard InChI is InChI=1S/C27H27F3N2O5/c1-2-9-20-22(13-12-19-21(27(28,29)30)16-24(34)37-25(19)20)36-15-8-4-7-14-31-23(33)17-32(26(31)35)18-10-5-3-6-11-18/h3,5-6,10-13,16-17,33H,2,4,7-9,14-15H2,1H3. The smallest absolute Gasteiger partial charge is 0.417 e. The number of aryl methyl sites for hydroxylation is 1. The van der Waals surface area contributed by atoms with Crippen molar-refractivity contribution >= 4 is 11.0 Å². The van der Waals surface area contributed by atoms with E-state index in [-0.39, 0.29) is 29.1 Å². The third kappa shape index (κ3) is 5.73. The van der Waals surface area contributed by atoms with E-state index in [1.54, 1.807) is 24.3 Å². The van der Waals surface area contributed by atoms with Crippen LogP contribution in [0.4, 0.5) is 13.2 Å². The fourth-order valence-corrected chi connectivity index (χ4v) is 4.30. The first-order valence-corrected chi connectivity index (χ1v) is 12.1. The highest BCUT2D eigenvalue weighted by Gasteiger charge is 2.34. The van der Waals surface area contributed by atoms with E-state index in [0.29, 0.717) is 61.7 Å². The number of nitrogens with zero attached hydrogens (tertiary/aromatic N) is 2. The minimum absolute atomic E-state index is 0.100. The van der Waals surface area contributed by atoms with Gasteiger partial charge in [-0.15, -0.1) is 0 Å². The van der Waals surface area contributed by atoms with Crippen LogP contribution in [-0.2, 0) is 19.1 Å². The molecular weight excluding hydrogens is 489 g/mol. The zero-order chi connectivity index (χ0) is 26.6. The van der Waals surface area contributed by atoms with Crippen LogP contribution in [0.1, 0.15) is 43.7 Å². The summed E-state index contributed by atoms with van der Waals surface area (Å²) in [5.74, 6) is 0.260. The molecule has 196 valence electrons. The molecule has 0 spiro atoms. The Balaban J connectivity index is 1.40. The molecule has 0 saturated heterocycles. The topological polar surface area (TPSA) is 86.6 Å². The maximum absolute atomic E-state index is 13.4. The predicted molar refractivity (Wildman–Crippen MR) is 133 cm³/mol. The molecule has 4 aromatic rings. The summed E-state index contributed by atoms with van der Waals surface area (Å²) in [6, 6.07) is 12.2. The monoisotopic (exact) mass is 516 g/mol. The number of aromatic hydroxyl groups is 1. The van der Waals surface area contributed by atoms with Crippen molar-refractivity contribution in [3.05, 3.63) is 86.8 Å². The summed E-state index contributed by atoms with van der Waals surface area (Å²) in [7, 11) is 0. The van der Waals surface area contributed by atoms with E-state index >= 15 is 0 Å². The van der Waals surface area contributed by atoms with Gasteiger partial charge in [-0.05, 0) is 49.9 Å². The Labute approximate surface area is 210 Å². The molecule has 10 heteroatoms. The van der Waals surface area contributed by atoms with Crippen LogP contribution in [0.2, 0.25) is 0 Å². The fourth-order valence-electron chi connectivity index (χ4n) is 4.30. The number of benzene rings is 2. The molecule has 0 unspecified atom stereocenters. The number of alkyl halides is 3. The Hall–Kier alpha value is -3.95. The lowest BCUT2D eigenvalue weighted by Crippen LogP contribution is -2.23. The van der Waals surface area contributed by atoms with Gasteiger partial charge in [0.15, 0.2) is 0 Å². The quantitative estimate of drug-likeness (QED) is 0.217. The summed E-state index contributed by atoms with van der Waals surface area (Å²) >= 11 is 0. The molecule has 37 heavy (non-hydrogen) atoms. The molecule has 0 saturated carbocycles. The summed E-state index contributed by atoms with van der Waals surface area (Å²) in [5, 5.41) is 10.0. The minimum atomic E-state index is -4.68. The van der Waals surface area contributed by atoms with Crippen LogP contribution >= 0.6 is 0 Å². The van der Waals surface area contributed by atoms with E-state index in [2.05, 4.69) is 0 Å². The minimum Gasteiger partial charge on any atom is -0.493 e. The molecule has 1 N–H and O–H groups in total. The summed E-state index contributed by atoms with van der Waals surface area (Å²) in [5.41, 5.74) is -1.43. The first kappa shape index (κ1) is 26.1. The second-order valence-electron chi connectivity index (χ2n) is 8.68. The van der Waals surface area contributed by atoms with Crippen LogP contribution in [0.15, 0.2) is 68.7 Å². The molecule has 7 nitrogen and oxygen atoms in total. The molecular formula is C27H27F3N2O5. The van der Waals surface area contributed by atoms with Gasteiger partial charge in [-0.3, -0.25) is 9.13 Å². The summed E-state index contributed by atoms with van der Waals surface area (Å²) in [6.07, 6.45) is -0.374. The van der Waals surface area contributed by atoms with Crippen molar-refractivity contribution in [2.24, 2.45) is 0 Å². The zero-order valence-electron chi connectivity index (χ0n) is 20.3. The van der Waals surface area contributed by atoms with Gasteiger partial charge >= 0.3 is 17.5 Å². The van der Waals surface area contributed by atoms with Crippen LogP contribution in [-0.4, -0.2) is 20.8 Å². The lowest BCUT2D eigenvalue weighted by atomic mass is 10.0. The summed E-state index contributed by atoms with van der Waals surface area (Å²) in [6.45, 7) is 2.49. The lowest BCUT2D eigenvalue weighted by molar-refractivity contribution is -0.136. The SMILES string of the molecule is CCCc1c(OCCCCCn2c(O)cn(-c3ccccc3)c2=O)ccc2c(C(F)(F)F)cc(=O)oc12. The Morgan fingerprint density at radius 1 is 1.03 bits per heavy atom. The van der Waals surface area contributed by atoms with Crippen molar-refractivity contribution in [3.63, 3.8) is 0 Å². The number of imidazole rings is 1. The van der Waals surface area contributed by atoms with Gasteiger partial charge in [0.25, 0.3) is 0 Å². The third-order valence-corrected chi connectivity index (χ3v) is 6.05. The van der Waals surface area contributed by atoms with Crippen LogP contribution in [0.25, 0.3) is 16.7 Å². The highest BCUT2D eigenvalue weighted by Crippen LogP contribution is 2.37. The Bertz CT molecular complexity index is 1490. The van der Waals surface area contributed by atoms with Crippen molar-refractivity contribution < 1.29 is 27.4 Å². The Kier molecular flexibility index (Phi) is 7.75. The van der Waals surface area contributed by atoms with Gasteiger partial charge in [0, 0.05) is 23.6 Å². The molecule has 0 aliphatic carbocycles. The molecule has 0 radical (unpaired) electrons. The van der Waals surface area contributed by atoms with E-state index in [0.717, 1.165) is 0 Å². The molecule has 2 heterocycles.